The second-order valence-corrected chi connectivity index (χ2v) is 5.15. The molecule has 2 N–H and O–H groups in total. The Morgan fingerprint density at radius 1 is 1.05 bits per heavy atom. The summed E-state index contributed by atoms with van der Waals surface area (Å²) in [4.78, 5) is 0. The van der Waals surface area contributed by atoms with Crippen molar-refractivity contribution in [3.63, 3.8) is 0 Å². The molecule has 2 aromatic carbocycles. The molecule has 0 fully saturated rings. The third-order valence-corrected chi connectivity index (χ3v) is 3.34. The van der Waals surface area contributed by atoms with Gasteiger partial charge in [-0.2, -0.15) is 0 Å². The molecule has 2 aromatic rings. The van der Waals surface area contributed by atoms with Crippen LogP contribution in [0.4, 0.5) is 0 Å². The van der Waals surface area contributed by atoms with E-state index in [9.17, 15) is 5.11 Å². The van der Waals surface area contributed by atoms with Gasteiger partial charge in [0, 0.05) is 17.6 Å². The number of phenolic OH excluding ortho intramolecular Hbond substituents is 1. The molecule has 0 aromatic heterocycles. The molecular formula is C15H16BrNO2. The number of benzene rings is 2. The van der Waals surface area contributed by atoms with Gasteiger partial charge < -0.3 is 15.2 Å². The Morgan fingerprint density at radius 3 is 2.32 bits per heavy atom. The average molecular weight is 322 g/mol. The SMILES string of the molecule is COc1ccc(CNCc2ccc(Br)cc2)cc1O. The minimum Gasteiger partial charge on any atom is -0.504 e. The topological polar surface area (TPSA) is 41.5 Å². The molecule has 4 heteroatoms. The standard InChI is InChI=1S/C15H16BrNO2/c1-19-15-7-4-12(8-14(15)18)10-17-9-11-2-5-13(16)6-3-11/h2-8,17-18H,9-10H2,1H3. The maximum atomic E-state index is 9.68. The van der Waals surface area contributed by atoms with Crippen LogP contribution in [-0.2, 0) is 13.1 Å². The van der Waals surface area contributed by atoms with Gasteiger partial charge >= 0.3 is 0 Å². The van der Waals surface area contributed by atoms with Crippen LogP contribution in [0.2, 0.25) is 0 Å². The van der Waals surface area contributed by atoms with Gasteiger partial charge in [-0.3, -0.25) is 0 Å². The average Bonchev–Trinajstić information content (AvgIpc) is 2.41. The summed E-state index contributed by atoms with van der Waals surface area (Å²) in [5, 5.41) is 13.0. The van der Waals surface area contributed by atoms with E-state index in [1.165, 1.54) is 5.56 Å². The van der Waals surface area contributed by atoms with E-state index in [0.717, 1.165) is 16.6 Å². The van der Waals surface area contributed by atoms with Crippen molar-refractivity contribution >= 4 is 15.9 Å². The summed E-state index contributed by atoms with van der Waals surface area (Å²) in [7, 11) is 1.54. The third kappa shape index (κ3) is 3.98. The first kappa shape index (κ1) is 13.9. The summed E-state index contributed by atoms with van der Waals surface area (Å²) >= 11 is 3.41. The van der Waals surface area contributed by atoms with Crippen LogP contribution in [0.25, 0.3) is 0 Å². The van der Waals surface area contributed by atoms with Crippen molar-refractivity contribution in [2.24, 2.45) is 0 Å². The molecule has 19 heavy (non-hydrogen) atoms. The van der Waals surface area contributed by atoms with Crippen LogP contribution >= 0.6 is 15.9 Å². The van der Waals surface area contributed by atoms with Crippen LogP contribution in [0.1, 0.15) is 11.1 Å². The maximum absolute atomic E-state index is 9.68. The summed E-state index contributed by atoms with van der Waals surface area (Å²) in [5.41, 5.74) is 2.25. The molecule has 0 aliphatic carbocycles. The molecular weight excluding hydrogens is 306 g/mol. The van der Waals surface area contributed by atoms with Crippen molar-refractivity contribution < 1.29 is 9.84 Å². The second kappa shape index (κ2) is 6.59. The lowest BCUT2D eigenvalue weighted by Gasteiger charge is -2.08. The van der Waals surface area contributed by atoms with E-state index in [1.54, 1.807) is 19.2 Å². The predicted octanol–water partition coefficient (Wildman–Crippen LogP) is 3.45. The number of aromatic hydroxyl groups is 1. The van der Waals surface area contributed by atoms with Crippen molar-refractivity contribution in [3.05, 3.63) is 58.1 Å². The molecule has 0 atom stereocenters. The fourth-order valence-corrected chi connectivity index (χ4v) is 2.06. The Hall–Kier alpha value is -1.52. The number of hydrogen-bond donors (Lipinski definition) is 2. The Labute approximate surface area is 121 Å². The number of methoxy groups -OCH3 is 1. The lowest BCUT2D eigenvalue weighted by Crippen LogP contribution is -2.12. The molecule has 0 spiro atoms. The van der Waals surface area contributed by atoms with E-state index < -0.39 is 0 Å². The molecule has 2 rings (SSSR count). The molecule has 0 saturated carbocycles. The smallest absolute Gasteiger partial charge is 0.160 e. The lowest BCUT2D eigenvalue weighted by molar-refractivity contribution is 0.373. The van der Waals surface area contributed by atoms with E-state index in [-0.39, 0.29) is 5.75 Å². The molecule has 0 saturated heterocycles. The quantitative estimate of drug-likeness (QED) is 0.886. The number of halogens is 1. The van der Waals surface area contributed by atoms with Gasteiger partial charge in [0.05, 0.1) is 7.11 Å². The normalized spacial score (nSPS) is 10.4. The van der Waals surface area contributed by atoms with Crippen LogP contribution in [0.15, 0.2) is 46.9 Å². The minimum atomic E-state index is 0.172. The van der Waals surface area contributed by atoms with E-state index in [0.29, 0.717) is 12.3 Å². The van der Waals surface area contributed by atoms with Gasteiger partial charge in [-0.15, -0.1) is 0 Å². The Morgan fingerprint density at radius 2 is 1.68 bits per heavy atom. The monoisotopic (exact) mass is 321 g/mol. The van der Waals surface area contributed by atoms with Gasteiger partial charge in [-0.25, -0.2) is 0 Å². The largest absolute Gasteiger partial charge is 0.504 e. The fourth-order valence-electron chi connectivity index (χ4n) is 1.80. The van der Waals surface area contributed by atoms with Crippen molar-refractivity contribution in [2.75, 3.05) is 7.11 Å². The third-order valence-electron chi connectivity index (χ3n) is 2.81. The highest BCUT2D eigenvalue weighted by Gasteiger charge is 2.02. The Kier molecular flexibility index (Phi) is 4.82. The highest BCUT2D eigenvalue weighted by molar-refractivity contribution is 9.10. The second-order valence-electron chi connectivity index (χ2n) is 4.24. The first-order valence-electron chi connectivity index (χ1n) is 6.00. The summed E-state index contributed by atoms with van der Waals surface area (Å²) < 4.78 is 6.09. The van der Waals surface area contributed by atoms with Gasteiger partial charge in [-0.1, -0.05) is 34.1 Å². The highest BCUT2D eigenvalue weighted by Crippen LogP contribution is 2.26. The highest BCUT2D eigenvalue weighted by atomic mass is 79.9. The molecule has 0 radical (unpaired) electrons. The van der Waals surface area contributed by atoms with Crippen LogP contribution in [0, 0.1) is 0 Å². The summed E-state index contributed by atoms with van der Waals surface area (Å²) in [6.07, 6.45) is 0. The van der Waals surface area contributed by atoms with Crippen LogP contribution in [-0.4, -0.2) is 12.2 Å². The van der Waals surface area contributed by atoms with Gasteiger partial charge in [0.15, 0.2) is 11.5 Å². The summed E-state index contributed by atoms with van der Waals surface area (Å²) in [6, 6.07) is 13.6. The van der Waals surface area contributed by atoms with Crippen LogP contribution in [0.5, 0.6) is 11.5 Å². The zero-order chi connectivity index (χ0) is 13.7. The zero-order valence-electron chi connectivity index (χ0n) is 10.7. The number of hydrogen-bond acceptors (Lipinski definition) is 3. The summed E-state index contributed by atoms with van der Waals surface area (Å²) in [6.45, 7) is 1.49. The molecule has 100 valence electrons. The summed E-state index contributed by atoms with van der Waals surface area (Å²) in [5.74, 6) is 0.669. The van der Waals surface area contributed by atoms with Gasteiger partial charge in [0.1, 0.15) is 0 Å². The van der Waals surface area contributed by atoms with E-state index in [2.05, 4.69) is 33.4 Å². The van der Waals surface area contributed by atoms with E-state index >= 15 is 0 Å². The van der Waals surface area contributed by atoms with Crippen molar-refractivity contribution in [1.29, 1.82) is 0 Å². The number of phenols is 1. The van der Waals surface area contributed by atoms with Gasteiger partial charge in [0.25, 0.3) is 0 Å². The van der Waals surface area contributed by atoms with E-state index in [1.807, 2.05) is 18.2 Å². The number of nitrogens with one attached hydrogen (secondary N) is 1. The van der Waals surface area contributed by atoms with Crippen LogP contribution < -0.4 is 10.1 Å². The maximum Gasteiger partial charge on any atom is 0.160 e. The molecule has 0 aliphatic rings. The molecule has 0 amide bonds. The van der Waals surface area contributed by atoms with Crippen molar-refractivity contribution in [2.45, 2.75) is 13.1 Å². The fraction of sp³-hybridized carbons (Fsp3) is 0.200. The zero-order valence-corrected chi connectivity index (χ0v) is 12.3. The Bertz CT molecular complexity index is 540. The molecule has 0 heterocycles. The molecule has 0 unspecified atom stereocenters. The predicted molar refractivity (Wildman–Crippen MR) is 79.3 cm³/mol. The van der Waals surface area contributed by atoms with Gasteiger partial charge in [0.2, 0.25) is 0 Å². The lowest BCUT2D eigenvalue weighted by atomic mass is 10.2. The number of rotatable bonds is 5. The molecule has 3 nitrogen and oxygen atoms in total. The Balaban J connectivity index is 1.88. The minimum absolute atomic E-state index is 0.172. The van der Waals surface area contributed by atoms with Crippen LogP contribution in [0.3, 0.4) is 0 Å². The number of ether oxygens (including phenoxy) is 1. The first-order chi connectivity index (χ1) is 9.19. The first-order valence-corrected chi connectivity index (χ1v) is 6.79. The van der Waals surface area contributed by atoms with Crippen molar-refractivity contribution in [1.82, 2.24) is 5.32 Å². The van der Waals surface area contributed by atoms with Crippen molar-refractivity contribution in [3.8, 4) is 11.5 Å². The molecule has 0 bridgehead atoms. The molecule has 0 aliphatic heterocycles. The van der Waals surface area contributed by atoms with Gasteiger partial charge in [-0.05, 0) is 35.4 Å². The van der Waals surface area contributed by atoms with E-state index in [4.69, 9.17) is 4.74 Å².